The quantitative estimate of drug-likeness (QED) is 0.702. The van der Waals surface area contributed by atoms with E-state index in [1.54, 1.807) is 26.4 Å². The lowest BCUT2D eigenvalue weighted by Crippen LogP contribution is -2.26. The van der Waals surface area contributed by atoms with E-state index >= 15 is 0 Å². The average Bonchev–Trinajstić information content (AvgIpc) is 2.67. The number of benzene rings is 2. The molecule has 0 aliphatic carbocycles. The monoisotopic (exact) mass is 368 g/mol. The minimum atomic E-state index is -0.258. The number of aryl methyl sites for hydroxylation is 1. The second-order valence-electron chi connectivity index (χ2n) is 5.90. The van der Waals surface area contributed by atoms with Crippen LogP contribution in [0.5, 0.6) is 11.5 Å². The Balaban J connectivity index is 1.78. The third-order valence-corrected chi connectivity index (χ3v) is 3.82. The topological polar surface area (TPSA) is 76.7 Å². The summed E-state index contributed by atoms with van der Waals surface area (Å²) in [6.07, 6.45) is 3.30. The fraction of sp³-hybridized carbons (Fsp3) is 0.238. The summed E-state index contributed by atoms with van der Waals surface area (Å²) in [6.45, 7) is 2.18. The summed E-state index contributed by atoms with van der Waals surface area (Å²) in [7, 11) is 3.15. The van der Waals surface area contributed by atoms with E-state index in [4.69, 9.17) is 9.47 Å². The highest BCUT2D eigenvalue weighted by Crippen LogP contribution is 2.25. The van der Waals surface area contributed by atoms with Gasteiger partial charge >= 0.3 is 0 Å². The lowest BCUT2D eigenvalue weighted by atomic mass is 10.2. The minimum absolute atomic E-state index is 0.166. The molecule has 0 atom stereocenters. The Hall–Kier alpha value is -3.28. The van der Waals surface area contributed by atoms with E-state index in [0.29, 0.717) is 11.4 Å². The summed E-state index contributed by atoms with van der Waals surface area (Å²) in [5, 5.41) is 5.49. The van der Waals surface area contributed by atoms with Crippen LogP contribution < -0.4 is 20.1 Å². The molecule has 0 fully saturated rings. The van der Waals surface area contributed by atoms with E-state index in [0.717, 1.165) is 16.9 Å². The zero-order valence-corrected chi connectivity index (χ0v) is 15.7. The molecule has 0 unspecified atom stereocenters. The molecule has 0 spiro atoms. The third kappa shape index (κ3) is 6.51. The van der Waals surface area contributed by atoms with E-state index < -0.39 is 0 Å². The number of anilines is 1. The first kappa shape index (κ1) is 20.0. The summed E-state index contributed by atoms with van der Waals surface area (Å²) < 4.78 is 10.3. The molecule has 6 heteroatoms. The fourth-order valence-electron chi connectivity index (χ4n) is 2.38. The smallest absolute Gasteiger partial charge is 0.244 e. The molecule has 2 amide bonds. The molecule has 0 aliphatic rings. The van der Waals surface area contributed by atoms with Crippen LogP contribution in [0.1, 0.15) is 17.5 Å². The van der Waals surface area contributed by atoms with Crippen molar-refractivity contribution in [2.75, 3.05) is 26.1 Å². The van der Waals surface area contributed by atoms with Crippen molar-refractivity contribution in [3.05, 3.63) is 59.7 Å². The molecule has 0 saturated heterocycles. The number of methoxy groups -OCH3 is 2. The van der Waals surface area contributed by atoms with Gasteiger partial charge in [0.1, 0.15) is 11.5 Å². The molecule has 0 heterocycles. The van der Waals surface area contributed by atoms with Gasteiger partial charge in [-0.15, -0.1) is 0 Å². The number of hydrogen-bond acceptors (Lipinski definition) is 4. The second-order valence-corrected chi connectivity index (χ2v) is 5.90. The van der Waals surface area contributed by atoms with Crippen LogP contribution >= 0.6 is 0 Å². The zero-order valence-electron chi connectivity index (χ0n) is 15.7. The van der Waals surface area contributed by atoms with Crippen LogP contribution in [-0.2, 0) is 9.59 Å². The molecular weight excluding hydrogens is 344 g/mol. The van der Waals surface area contributed by atoms with Gasteiger partial charge in [-0.2, -0.15) is 0 Å². The SMILES string of the molecule is COc1ccc(/C=C/C(=O)NCCC(=O)Nc2cc(C)ccc2OC)cc1. The second kappa shape index (κ2) is 10.0. The first-order chi connectivity index (χ1) is 13.0. The van der Waals surface area contributed by atoms with Gasteiger partial charge in [0.15, 0.2) is 0 Å². The average molecular weight is 368 g/mol. The number of ether oxygens (including phenoxy) is 2. The molecule has 2 N–H and O–H groups in total. The molecule has 142 valence electrons. The molecule has 27 heavy (non-hydrogen) atoms. The zero-order chi connectivity index (χ0) is 19.6. The maximum absolute atomic E-state index is 12.1. The number of hydrogen-bond donors (Lipinski definition) is 2. The highest BCUT2D eigenvalue weighted by molar-refractivity contribution is 5.94. The predicted molar refractivity (Wildman–Crippen MR) is 106 cm³/mol. The van der Waals surface area contributed by atoms with Gasteiger partial charge in [0.25, 0.3) is 0 Å². The highest BCUT2D eigenvalue weighted by atomic mass is 16.5. The first-order valence-corrected chi connectivity index (χ1v) is 8.56. The van der Waals surface area contributed by atoms with Crippen molar-refractivity contribution in [2.24, 2.45) is 0 Å². The van der Waals surface area contributed by atoms with Crippen LogP contribution in [0.15, 0.2) is 48.5 Å². The Bertz CT molecular complexity index is 813. The van der Waals surface area contributed by atoms with Crippen molar-refractivity contribution in [1.82, 2.24) is 5.32 Å². The summed E-state index contributed by atoms with van der Waals surface area (Å²) in [5.74, 6) is 0.901. The maximum atomic E-state index is 12.1. The van der Waals surface area contributed by atoms with Crippen molar-refractivity contribution < 1.29 is 19.1 Å². The van der Waals surface area contributed by atoms with E-state index in [9.17, 15) is 9.59 Å². The van der Waals surface area contributed by atoms with Crippen molar-refractivity contribution in [2.45, 2.75) is 13.3 Å². The minimum Gasteiger partial charge on any atom is -0.497 e. The third-order valence-electron chi connectivity index (χ3n) is 3.82. The molecule has 0 bridgehead atoms. The molecule has 0 radical (unpaired) electrons. The number of carbonyl (C=O) groups is 2. The summed E-state index contributed by atoms with van der Waals surface area (Å²) in [4.78, 5) is 23.9. The Labute approximate surface area is 159 Å². The number of amides is 2. The normalized spacial score (nSPS) is 10.5. The molecule has 2 aromatic rings. The van der Waals surface area contributed by atoms with E-state index in [-0.39, 0.29) is 24.8 Å². The van der Waals surface area contributed by atoms with Gasteiger partial charge in [-0.05, 0) is 48.4 Å². The van der Waals surface area contributed by atoms with E-state index in [1.807, 2.05) is 43.3 Å². The van der Waals surface area contributed by atoms with E-state index in [2.05, 4.69) is 10.6 Å². The molecule has 0 saturated carbocycles. The summed E-state index contributed by atoms with van der Waals surface area (Å²) in [5.41, 5.74) is 2.52. The molecule has 0 aromatic heterocycles. The Morgan fingerprint density at radius 1 is 1.04 bits per heavy atom. The van der Waals surface area contributed by atoms with Crippen molar-refractivity contribution >= 4 is 23.6 Å². The van der Waals surface area contributed by atoms with Gasteiger partial charge in [0.2, 0.25) is 11.8 Å². The Kier molecular flexibility index (Phi) is 7.43. The van der Waals surface area contributed by atoms with Crippen LogP contribution in [0.25, 0.3) is 6.08 Å². The first-order valence-electron chi connectivity index (χ1n) is 8.56. The standard InChI is InChI=1S/C21H24N2O4/c1-15-4-10-19(27-3)18(14-15)23-21(25)12-13-22-20(24)11-7-16-5-8-17(26-2)9-6-16/h4-11,14H,12-13H2,1-3H3,(H,22,24)(H,23,25)/b11-7+. The van der Waals surface area contributed by atoms with Gasteiger partial charge in [0.05, 0.1) is 19.9 Å². The van der Waals surface area contributed by atoms with Crippen LogP contribution in [0, 0.1) is 6.92 Å². The van der Waals surface area contributed by atoms with Crippen molar-refractivity contribution in [3.8, 4) is 11.5 Å². The number of carbonyl (C=O) groups excluding carboxylic acids is 2. The van der Waals surface area contributed by atoms with Crippen molar-refractivity contribution in [3.63, 3.8) is 0 Å². The van der Waals surface area contributed by atoms with Gasteiger partial charge < -0.3 is 20.1 Å². The predicted octanol–water partition coefficient (Wildman–Crippen LogP) is 3.17. The number of nitrogens with one attached hydrogen (secondary N) is 2. The fourth-order valence-corrected chi connectivity index (χ4v) is 2.38. The van der Waals surface area contributed by atoms with Crippen LogP contribution in [0.4, 0.5) is 5.69 Å². The largest absolute Gasteiger partial charge is 0.497 e. The van der Waals surface area contributed by atoms with Gasteiger partial charge in [-0.3, -0.25) is 9.59 Å². The van der Waals surface area contributed by atoms with Gasteiger partial charge in [0, 0.05) is 19.0 Å². The summed E-state index contributed by atoms with van der Waals surface area (Å²) in [6, 6.07) is 12.9. The maximum Gasteiger partial charge on any atom is 0.244 e. The van der Waals surface area contributed by atoms with E-state index in [1.165, 1.54) is 6.08 Å². The van der Waals surface area contributed by atoms with Gasteiger partial charge in [-0.1, -0.05) is 18.2 Å². The molecule has 2 aromatic carbocycles. The Morgan fingerprint density at radius 2 is 1.78 bits per heavy atom. The number of rotatable bonds is 8. The lowest BCUT2D eigenvalue weighted by Gasteiger charge is -2.11. The lowest BCUT2D eigenvalue weighted by molar-refractivity contribution is -0.117. The molecule has 0 aliphatic heterocycles. The van der Waals surface area contributed by atoms with Crippen LogP contribution in [0.2, 0.25) is 0 Å². The Morgan fingerprint density at radius 3 is 2.44 bits per heavy atom. The van der Waals surface area contributed by atoms with Crippen molar-refractivity contribution in [1.29, 1.82) is 0 Å². The molecular formula is C21H24N2O4. The summed E-state index contributed by atoms with van der Waals surface area (Å²) >= 11 is 0. The van der Waals surface area contributed by atoms with Gasteiger partial charge in [-0.25, -0.2) is 0 Å². The molecule has 2 rings (SSSR count). The molecule has 6 nitrogen and oxygen atoms in total. The highest BCUT2D eigenvalue weighted by Gasteiger charge is 2.08. The van der Waals surface area contributed by atoms with Crippen LogP contribution in [-0.4, -0.2) is 32.6 Å². The van der Waals surface area contributed by atoms with Crippen LogP contribution in [0.3, 0.4) is 0 Å².